The molecule has 2 fully saturated rings. The van der Waals surface area contributed by atoms with Gasteiger partial charge in [-0.25, -0.2) is 0 Å². The lowest BCUT2D eigenvalue weighted by Crippen LogP contribution is -2.61. The predicted octanol–water partition coefficient (Wildman–Crippen LogP) is 1.97. The molecule has 0 amide bonds. The Hall–Kier alpha value is -0.120. The molecule has 3 nitrogen and oxygen atoms in total. The number of piperidine rings is 1. The molecule has 16 heavy (non-hydrogen) atoms. The Morgan fingerprint density at radius 2 is 2.12 bits per heavy atom. The first kappa shape index (κ1) is 12.3. The summed E-state index contributed by atoms with van der Waals surface area (Å²) >= 11 is 0. The van der Waals surface area contributed by atoms with E-state index in [0.717, 1.165) is 6.61 Å². The van der Waals surface area contributed by atoms with Crippen LogP contribution in [-0.4, -0.2) is 41.9 Å². The van der Waals surface area contributed by atoms with E-state index in [-0.39, 0.29) is 5.72 Å². The molecule has 2 aliphatic heterocycles. The minimum absolute atomic E-state index is 0.135. The Bertz CT molecular complexity index is 244. The first-order chi connectivity index (χ1) is 7.53. The Balaban J connectivity index is 2.10. The molecule has 3 atom stereocenters. The van der Waals surface area contributed by atoms with E-state index in [1.807, 2.05) is 0 Å². The van der Waals surface area contributed by atoms with Gasteiger partial charge in [0, 0.05) is 12.1 Å². The van der Waals surface area contributed by atoms with Gasteiger partial charge in [-0.2, -0.15) is 0 Å². The quantitative estimate of drug-likeness (QED) is 0.779. The molecule has 0 aromatic rings. The van der Waals surface area contributed by atoms with Gasteiger partial charge in [0.1, 0.15) is 5.72 Å². The number of ether oxygens (including phenoxy) is 1. The highest BCUT2D eigenvalue weighted by atomic mass is 16.5. The molecule has 0 aromatic carbocycles. The summed E-state index contributed by atoms with van der Waals surface area (Å²) in [6, 6.07) is 1.63. The Morgan fingerprint density at radius 1 is 1.38 bits per heavy atom. The monoisotopic (exact) mass is 226 g/mol. The molecule has 2 saturated heterocycles. The van der Waals surface area contributed by atoms with Gasteiger partial charge in [-0.1, -0.05) is 6.42 Å². The van der Waals surface area contributed by atoms with Crippen molar-refractivity contribution >= 4 is 0 Å². The van der Waals surface area contributed by atoms with E-state index in [9.17, 15) is 0 Å². The molecule has 0 radical (unpaired) electrons. The average molecular weight is 226 g/mol. The molecule has 2 aliphatic rings. The zero-order chi connectivity index (χ0) is 11.8. The maximum absolute atomic E-state index is 6.02. The maximum Gasteiger partial charge on any atom is 0.132 e. The van der Waals surface area contributed by atoms with Crippen LogP contribution in [0.4, 0.5) is 0 Å². The van der Waals surface area contributed by atoms with Crippen LogP contribution in [0.2, 0.25) is 0 Å². The van der Waals surface area contributed by atoms with E-state index < -0.39 is 0 Å². The van der Waals surface area contributed by atoms with Crippen LogP contribution in [0.25, 0.3) is 0 Å². The van der Waals surface area contributed by atoms with E-state index in [0.29, 0.717) is 18.1 Å². The maximum atomic E-state index is 6.02. The first-order valence-electron chi connectivity index (χ1n) is 6.70. The third-order valence-electron chi connectivity index (χ3n) is 4.01. The predicted molar refractivity (Wildman–Crippen MR) is 66.4 cm³/mol. The highest BCUT2D eigenvalue weighted by molar-refractivity contribution is 4.97. The van der Waals surface area contributed by atoms with Crippen LogP contribution < -0.4 is 5.32 Å². The first-order valence-corrected chi connectivity index (χ1v) is 6.70. The van der Waals surface area contributed by atoms with Gasteiger partial charge in [0.05, 0.1) is 12.6 Å². The molecule has 2 heterocycles. The highest BCUT2D eigenvalue weighted by Gasteiger charge is 2.44. The van der Waals surface area contributed by atoms with E-state index in [1.165, 1.54) is 25.8 Å². The summed E-state index contributed by atoms with van der Waals surface area (Å²) in [5.41, 5.74) is -0.135. The van der Waals surface area contributed by atoms with Gasteiger partial charge in [-0.05, 0) is 47.1 Å². The summed E-state index contributed by atoms with van der Waals surface area (Å²) in [5.74, 6) is 0. The lowest BCUT2D eigenvalue weighted by molar-refractivity contribution is -0.0865. The van der Waals surface area contributed by atoms with Crippen LogP contribution in [-0.2, 0) is 4.74 Å². The molecule has 0 aromatic heterocycles. The fourth-order valence-electron chi connectivity index (χ4n) is 3.23. The van der Waals surface area contributed by atoms with Gasteiger partial charge in [-0.3, -0.25) is 10.2 Å². The number of likely N-dealkylation sites (tertiary alicyclic amines) is 1. The molecular weight excluding hydrogens is 200 g/mol. The minimum atomic E-state index is -0.135. The van der Waals surface area contributed by atoms with Crippen molar-refractivity contribution in [1.82, 2.24) is 10.2 Å². The largest absolute Gasteiger partial charge is 0.358 e. The van der Waals surface area contributed by atoms with Crippen LogP contribution >= 0.6 is 0 Å². The van der Waals surface area contributed by atoms with Crippen LogP contribution in [0.5, 0.6) is 0 Å². The summed E-state index contributed by atoms with van der Waals surface area (Å²) in [4.78, 5) is 2.61. The molecule has 0 bridgehead atoms. The standard InChI is InChI=1S/C13H26N2O/c1-10(2)15-8-6-5-7-12(15)13(4)14-11(3)9-16-13/h10-12,14H,5-9H2,1-4H3. The fourth-order valence-corrected chi connectivity index (χ4v) is 3.23. The number of rotatable bonds is 2. The van der Waals surface area contributed by atoms with Crippen molar-refractivity contribution in [2.24, 2.45) is 0 Å². The highest BCUT2D eigenvalue weighted by Crippen LogP contribution is 2.31. The Labute approximate surface area is 99.5 Å². The van der Waals surface area contributed by atoms with Crippen LogP contribution in [0.15, 0.2) is 0 Å². The smallest absolute Gasteiger partial charge is 0.132 e. The fraction of sp³-hybridized carbons (Fsp3) is 1.00. The molecule has 3 unspecified atom stereocenters. The summed E-state index contributed by atoms with van der Waals surface area (Å²) in [7, 11) is 0. The van der Waals surface area contributed by atoms with Gasteiger partial charge < -0.3 is 4.74 Å². The third-order valence-corrected chi connectivity index (χ3v) is 4.01. The number of nitrogens with zero attached hydrogens (tertiary/aromatic N) is 1. The van der Waals surface area contributed by atoms with E-state index in [2.05, 4.69) is 37.9 Å². The van der Waals surface area contributed by atoms with Crippen molar-refractivity contribution in [3.63, 3.8) is 0 Å². The summed E-state index contributed by atoms with van der Waals surface area (Å²) in [6.45, 7) is 11.1. The van der Waals surface area contributed by atoms with Gasteiger partial charge in [-0.15, -0.1) is 0 Å². The van der Waals surface area contributed by atoms with Crippen LogP contribution in [0, 0.1) is 0 Å². The van der Waals surface area contributed by atoms with Crippen molar-refractivity contribution in [3.8, 4) is 0 Å². The normalized spacial score (nSPS) is 41.8. The van der Waals surface area contributed by atoms with Crippen molar-refractivity contribution in [2.45, 2.75) is 70.8 Å². The second-order valence-electron chi connectivity index (χ2n) is 5.81. The molecule has 2 rings (SSSR count). The van der Waals surface area contributed by atoms with E-state index in [1.54, 1.807) is 0 Å². The second-order valence-corrected chi connectivity index (χ2v) is 5.81. The number of hydrogen-bond acceptors (Lipinski definition) is 3. The van der Waals surface area contributed by atoms with Crippen molar-refractivity contribution in [1.29, 1.82) is 0 Å². The summed E-state index contributed by atoms with van der Waals surface area (Å²) in [6.07, 6.45) is 3.93. The van der Waals surface area contributed by atoms with Crippen molar-refractivity contribution in [2.75, 3.05) is 13.2 Å². The topological polar surface area (TPSA) is 24.5 Å². The summed E-state index contributed by atoms with van der Waals surface area (Å²) < 4.78 is 6.02. The zero-order valence-corrected chi connectivity index (χ0v) is 11.1. The Morgan fingerprint density at radius 3 is 2.69 bits per heavy atom. The molecule has 3 heteroatoms. The number of nitrogens with one attached hydrogen (secondary N) is 1. The molecule has 0 saturated carbocycles. The molecule has 0 spiro atoms. The van der Waals surface area contributed by atoms with Gasteiger partial charge in [0.25, 0.3) is 0 Å². The van der Waals surface area contributed by atoms with Gasteiger partial charge >= 0.3 is 0 Å². The van der Waals surface area contributed by atoms with Crippen molar-refractivity contribution in [3.05, 3.63) is 0 Å². The van der Waals surface area contributed by atoms with E-state index in [4.69, 9.17) is 4.74 Å². The van der Waals surface area contributed by atoms with Crippen LogP contribution in [0.3, 0.4) is 0 Å². The average Bonchev–Trinajstić information content (AvgIpc) is 2.60. The molecule has 0 aliphatic carbocycles. The molecule has 1 N–H and O–H groups in total. The second kappa shape index (κ2) is 4.63. The summed E-state index contributed by atoms with van der Waals surface area (Å²) in [5, 5.41) is 3.62. The molecule has 94 valence electrons. The zero-order valence-electron chi connectivity index (χ0n) is 11.1. The minimum Gasteiger partial charge on any atom is -0.358 e. The van der Waals surface area contributed by atoms with Gasteiger partial charge in [0.15, 0.2) is 0 Å². The number of hydrogen-bond donors (Lipinski definition) is 1. The third kappa shape index (κ3) is 2.27. The SMILES string of the molecule is CC1COC(C)(C2CCCCN2C(C)C)N1. The van der Waals surface area contributed by atoms with E-state index >= 15 is 0 Å². The Kier molecular flexibility index (Phi) is 3.57. The van der Waals surface area contributed by atoms with Gasteiger partial charge in [0.2, 0.25) is 0 Å². The lowest BCUT2D eigenvalue weighted by atomic mass is 9.92. The van der Waals surface area contributed by atoms with Crippen LogP contribution in [0.1, 0.15) is 47.0 Å². The van der Waals surface area contributed by atoms with Crippen molar-refractivity contribution < 1.29 is 4.74 Å². The molecular formula is C13H26N2O. The lowest BCUT2D eigenvalue weighted by Gasteiger charge is -2.46.